The molecule has 2 atom stereocenters. The van der Waals surface area contributed by atoms with Gasteiger partial charge in [-0.15, -0.1) is 0 Å². The number of primary amides is 1. The Bertz CT molecular complexity index is 838. The Labute approximate surface area is 145 Å². The molecule has 1 aromatic rings. The number of carbonyl (C=O) groups excluding carboxylic acids is 2. The molecule has 1 aliphatic rings. The molecule has 2 rings (SSSR count). The van der Waals surface area contributed by atoms with Gasteiger partial charge in [0.15, 0.2) is 16.0 Å². The third-order valence-corrected chi connectivity index (χ3v) is 5.07. The van der Waals surface area contributed by atoms with E-state index < -0.39 is 40.9 Å². The fourth-order valence-electron chi connectivity index (χ4n) is 2.36. The number of oxime groups is 1. The number of anilines is 1. The predicted molar refractivity (Wildman–Crippen MR) is 81.6 cm³/mol. The van der Waals surface area contributed by atoms with Crippen LogP contribution in [-0.2, 0) is 24.7 Å². The highest BCUT2D eigenvalue weighted by Crippen LogP contribution is 2.32. The fourth-order valence-corrected chi connectivity index (χ4v) is 3.98. The summed E-state index contributed by atoms with van der Waals surface area (Å²) in [5.41, 5.74) is 10.6. The maximum absolute atomic E-state index is 13.3. The minimum Gasteiger partial charge on any atom is -0.731 e. The molecule has 2 heterocycles. The fraction of sp³-hybridized carbons (Fsp3) is 0.455. The molecule has 0 spiro atoms. The van der Waals surface area contributed by atoms with Gasteiger partial charge >= 0.3 is 5.13 Å². The second kappa shape index (κ2) is 6.89. The average Bonchev–Trinajstić information content (AvgIpc) is 2.85. The number of alkyl halides is 1. The van der Waals surface area contributed by atoms with Crippen molar-refractivity contribution < 1.29 is 36.4 Å². The van der Waals surface area contributed by atoms with E-state index in [9.17, 15) is 27.0 Å². The van der Waals surface area contributed by atoms with Gasteiger partial charge in [0.1, 0.15) is 19.3 Å². The van der Waals surface area contributed by atoms with Crippen molar-refractivity contribution in [3.8, 4) is 0 Å². The summed E-state index contributed by atoms with van der Waals surface area (Å²) in [6.45, 7) is 0.409. The van der Waals surface area contributed by atoms with Crippen LogP contribution in [-0.4, -0.2) is 54.1 Å². The maximum Gasteiger partial charge on any atom is 0.332 e. The first-order chi connectivity index (χ1) is 11.6. The Kier molecular flexibility index (Phi) is 5.24. The van der Waals surface area contributed by atoms with E-state index in [0.717, 1.165) is 15.9 Å². The minimum absolute atomic E-state index is 0.0415. The number of nitrogens with zero attached hydrogens (tertiary/aromatic N) is 3. The number of carbonyl (C=O) groups is 2. The summed E-state index contributed by atoms with van der Waals surface area (Å²) in [7, 11) is -5.18. The van der Waals surface area contributed by atoms with E-state index in [1.807, 2.05) is 0 Å². The lowest BCUT2D eigenvalue weighted by Gasteiger charge is -2.44. The Morgan fingerprint density at radius 2 is 2.24 bits per heavy atom. The zero-order chi connectivity index (χ0) is 18.9. The lowest BCUT2D eigenvalue weighted by molar-refractivity contribution is -0.704. The molecular weight excluding hydrogens is 381 g/mol. The number of nitrogens with two attached hydrogens (primary N) is 2. The Morgan fingerprint density at radius 1 is 1.60 bits per heavy atom. The lowest BCUT2D eigenvalue weighted by atomic mass is 9.99. The van der Waals surface area contributed by atoms with Crippen molar-refractivity contribution in [2.24, 2.45) is 10.9 Å². The van der Waals surface area contributed by atoms with Crippen molar-refractivity contribution >= 4 is 44.3 Å². The number of hydrogen-bond donors (Lipinski definition) is 2. The Balaban J connectivity index is 2.53. The molecule has 2 amide bonds. The number of hydrogen-bond acceptors (Lipinski definition) is 9. The van der Waals surface area contributed by atoms with Gasteiger partial charge in [-0.2, -0.15) is 0 Å². The van der Waals surface area contributed by atoms with Crippen LogP contribution >= 0.6 is 11.3 Å². The van der Waals surface area contributed by atoms with Crippen molar-refractivity contribution in [3.63, 3.8) is 0 Å². The van der Waals surface area contributed by atoms with Crippen LogP contribution < -0.4 is 16.0 Å². The monoisotopic (exact) mass is 395 g/mol. The smallest absolute Gasteiger partial charge is 0.332 e. The number of thiazole rings is 1. The normalized spacial score (nSPS) is 21.2. The van der Waals surface area contributed by atoms with Gasteiger partial charge in [0.2, 0.25) is 11.8 Å². The number of rotatable bonds is 7. The molecule has 1 saturated heterocycles. The molecule has 25 heavy (non-hydrogen) atoms. The van der Waals surface area contributed by atoms with E-state index in [4.69, 9.17) is 16.3 Å². The van der Waals surface area contributed by atoms with Crippen LogP contribution in [0.3, 0.4) is 0 Å². The van der Waals surface area contributed by atoms with Gasteiger partial charge in [0, 0.05) is 5.38 Å². The molecule has 1 aliphatic heterocycles. The van der Waals surface area contributed by atoms with Crippen molar-refractivity contribution in [2.75, 3.05) is 19.0 Å². The van der Waals surface area contributed by atoms with Crippen LogP contribution in [0.15, 0.2) is 10.5 Å². The van der Waals surface area contributed by atoms with Crippen LogP contribution in [0, 0.1) is 0 Å². The quantitative estimate of drug-likeness (QED) is 0.177. The second-order valence-electron chi connectivity index (χ2n) is 4.81. The lowest BCUT2D eigenvalue weighted by Crippen LogP contribution is -2.72. The van der Waals surface area contributed by atoms with Gasteiger partial charge in [0.05, 0.1) is 0 Å². The van der Waals surface area contributed by atoms with Gasteiger partial charge in [-0.1, -0.05) is 16.5 Å². The highest BCUT2D eigenvalue weighted by atomic mass is 32.2. The summed E-state index contributed by atoms with van der Waals surface area (Å²) in [5, 5.41) is 4.83. The van der Waals surface area contributed by atoms with E-state index in [1.54, 1.807) is 6.92 Å². The topological polar surface area (TPSA) is 172 Å². The summed E-state index contributed by atoms with van der Waals surface area (Å²) < 4.78 is 47.4. The number of halogens is 1. The van der Waals surface area contributed by atoms with Gasteiger partial charge in [0.25, 0.3) is 11.8 Å². The van der Waals surface area contributed by atoms with Crippen LogP contribution in [0.5, 0.6) is 0 Å². The van der Waals surface area contributed by atoms with E-state index in [0.29, 0.717) is 0 Å². The van der Waals surface area contributed by atoms with Crippen LogP contribution in [0.1, 0.15) is 18.7 Å². The molecule has 0 aliphatic carbocycles. The summed E-state index contributed by atoms with van der Waals surface area (Å²) >= 11 is 0.887. The first kappa shape index (κ1) is 19.0. The van der Waals surface area contributed by atoms with Gasteiger partial charge in [-0.3, -0.25) is 15.3 Å². The average molecular weight is 395 g/mol. The highest BCUT2D eigenvalue weighted by molar-refractivity contribution is 7.84. The number of amides is 2. The Hall–Kier alpha value is -2.32. The molecule has 0 bridgehead atoms. The second-order valence-corrected chi connectivity index (χ2v) is 6.95. The SMILES string of the molecule is CCO/N=C(\C(N)=O)c1csc(N)[n+]1[C@@H]1C(=O)N(S(=O)(=O)[O-])[C@H]1CF. The van der Waals surface area contributed by atoms with E-state index >= 15 is 0 Å². The minimum atomic E-state index is -5.18. The first-order valence-corrected chi connectivity index (χ1v) is 9.03. The van der Waals surface area contributed by atoms with Gasteiger partial charge in [-0.25, -0.2) is 21.7 Å². The van der Waals surface area contributed by atoms with Crippen molar-refractivity contribution in [1.82, 2.24) is 4.31 Å². The largest absolute Gasteiger partial charge is 0.731 e. The summed E-state index contributed by atoms with van der Waals surface area (Å²) in [5.74, 6) is -2.17. The van der Waals surface area contributed by atoms with Crippen LogP contribution in [0.2, 0.25) is 0 Å². The van der Waals surface area contributed by atoms with E-state index in [-0.39, 0.29) is 27.4 Å². The number of β-lactam (4-membered cyclic amide) rings is 1. The number of nitrogen functional groups attached to an aromatic ring is 1. The van der Waals surface area contributed by atoms with Crippen molar-refractivity contribution in [1.29, 1.82) is 0 Å². The zero-order valence-electron chi connectivity index (χ0n) is 12.8. The van der Waals surface area contributed by atoms with Gasteiger partial charge < -0.3 is 15.1 Å². The molecule has 0 unspecified atom stereocenters. The van der Waals surface area contributed by atoms with Crippen molar-refractivity contribution in [2.45, 2.75) is 19.0 Å². The van der Waals surface area contributed by atoms with Gasteiger partial charge in [-0.05, 0) is 6.92 Å². The first-order valence-electron chi connectivity index (χ1n) is 6.78. The highest BCUT2D eigenvalue weighted by Gasteiger charge is 2.56. The number of aromatic nitrogens is 1. The molecule has 1 fully saturated rings. The maximum atomic E-state index is 13.3. The van der Waals surface area contributed by atoms with E-state index in [2.05, 4.69) is 5.16 Å². The molecule has 1 aromatic heterocycles. The summed E-state index contributed by atoms with van der Waals surface area (Å²) in [4.78, 5) is 28.5. The standard InChI is InChI=1S/C11H14FN5O6S2/c1-2-23-15-7(9(13)18)6-4-24-11(14)16(6)8-5(3-12)17(10(8)19)25(20,21)22/h4-5,8,14H,2-3H2,1H3,(H3,13,18,20,21,22)/b15-7-/t5-,8-/m0/s1. The van der Waals surface area contributed by atoms with Crippen LogP contribution in [0.4, 0.5) is 9.52 Å². The molecule has 0 aromatic carbocycles. The molecule has 0 radical (unpaired) electrons. The predicted octanol–water partition coefficient (Wildman–Crippen LogP) is -1.97. The zero-order valence-corrected chi connectivity index (χ0v) is 14.4. The Morgan fingerprint density at radius 3 is 2.72 bits per heavy atom. The summed E-state index contributed by atoms with van der Waals surface area (Å²) in [6.07, 6.45) is 0. The summed E-state index contributed by atoms with van der Waals surface area (Å²) in [6, 6.07) is -3.02. The third kappa shape index (κ3) is 3.27. The van der Waals surface area contributed by atoms with Crippen molar-refractivity contribution in [3.05, 3.63) is 11.1 Å². The van der Waals surface area contributed by atoms with E-state index in [1.165, 1.54) is 5.38 Å². The molecule has 138 valence electrons. The molecular formula is C11H14FN5O6S2. The molecule has 4 N–H and O–H groups in total. The molecule has 11 nitrogen and oxygen atoms in total. The molecule has 14 heteroatoms. The van der Waals surface area contributed by atoms with Crippen LogP contribution in [0.25, 0.3) is 0 Å². The third-order valence-electron chi connectivity index (χ3n) is 3.36. The molecule has 0 saturated carbocycles.